The second-order valence-corrected chi connectivity index (χ2v) is 14.0. The molecule has 0 atom stereocenters. The van der Waals surface area contributed by atoms with Gasteiger partial charge < -0.3 is 13.3 Å². The molecule has 0 unspecified atom stereocenters. The lowest BCUT2D eigenvalue weighted by Crippen LogP contribution is -1.90. The number of hydrogen-bond donors (Lipinski definition) is 0. The van der Waals surface area contributed by atoms with Gasteiger partial charge in [-0.2, -0.15) is 0 Å². The van der Waals surface area contributed by atoms with Crippen LogP contribution in [0.3, 0.4) is 0 Å². The average Bonchev–Trinajstić information content (AvgIpc) is 3.91. The first-order valence-electron chi connectivity index (χ1n) is 18.0. The van der Waals surface area contributed by atoms with Crippen molar-refractivity contribution in [3.05, 3.63) is 170 Å². The molecular formula is C50H28O3. The van der Waals surface area contributed by atoms with Crippen molar-refractivity contribution >= 4 is 87.2 Å². The molecule has 0 bridgehead atoms. The second-order valence-electron chi connectivity index (χ2n) is 14.0. The Morgan fingerprint density at radius 1 is 0.302 bits per heavy atom. The third-order valence-electron chi connectivity index (χ3n) is 11.1. The first-order valence-corrected chi connectivity index (χ1v) is 18.0. The summed E-state index contributed by atoms with van der Waals surface area (Å²) in [4.78, 5) is 0. The van der Waals surface area contributed by atoms with E-state index in [2.05, 4.69) is 133 Å². The second kappa shape index (κ2) is 10.7. The monoisotopic (exact) mass is 676 g/mol. The van der Waals surface area contributed by atoms with Crippen LogP contribution < -0.4 is 0 Å². The summed E-state index contributed by atoms with van der Waals surface area (Å²) in [5.74, 6) is 0. The average molecular weight is 677 g/mol. The third-order valence-corrected chi connectivity index (χ3v) is 11.1. The summed E-state index contributed by atoms with van der Waals surface area (Å²) in [5, 5.41) is 12.6. The largest absolute Gasteiger partial charge is 0.464 e. The molecule has 3 aromatic heterocycles. The number of rotatable bonds is 3. The summed E-state index contributed by atoms with van der Waals surface area (Å²) in [5.41, 5.74) is 11.3. The predicted octanol–water partition coefficient (Wildman–Crippen LogP) is 14.7. The molecule has 0 spiro atoms. The standard InChI is InChI=1S/C50H28O3/c1-3-14-38-36(12-1)48(37-13-2-4-15-39(37)49(38)43-28-51-44-18-7-5-11-35(43)44)31-23-21-29-20-22-30(24-32(29)25-31)33-16-9-17-40-42-27-46-41(26-47(42)53-50(33)40)34-10-6-8-19-45(34)52-46/h1-28H. The number of fused-ring (bicyclic) bond motifs is 10. The molecule has 0 aliphatic carbocycles. The maximum atomic E-state index is 6.69. The minimum atomic E-state index is 0.861. The lowest BCUT2D eigenvalue weighted by Gasteiger charge is -2.17. The van der Waals surface area contributed by atoms with E-state index in [0.717, 1.165) is 71.5 Å². The molecule has 3 nitrogen and oxygen atoms in total. The van der Waals surface area contributed by atoms with Crippen LogP contribution in [0.5, 0.6) is 0 Å². The van der Waals surface area contributed by atoms with Crippen LogP contribution in [0.1, 0.15) is 0 Å². The predicted molar refractivity (Wildman–Crippen MR) is 220 cm³/mol. The highest BCUT2D eigenvalue weighted by atomic mass is 16.3. The fourth-order valence-corrected chi connectivity index (χ4v) is 8.71. The van der Waals surface area contributed by atoms with Crippen LogP contribution in [-0.4, -0.2) is 0 Å². The quantitative estimate of drug-likeness (QED) is 0.175. The summed E-state index contributed by atoms with van der Waals surface area (Å²) < 4.78 is 19.0. The highest BCUT2D eigenvalue weighted by Crippen LogP contribution is 2.46. The van der Waals surface area contributed by atoms with E-state index in [4.69, 9.17) is 13.3 Å². The van der Waals surface area contributed by atoms with Crippen LogP contribution in [0.25, 0.3) is 121 Å². The molecule has 53 heavy (non-hydrogen) atoms. The summed E-state index contributed by atoms with van der Waals surface area (Å²) >= 11 is 0. The Kier molecular flexibility index (Phi) is 5.77. The smallest absolute Gasteiger partial charge is 0.143 e. The summed E-state index contributed by atoms with van der Waals surface area (Å²) in [7, 11) is 0. The highest BCUT2D eigenvalue weighted by Gasteiger charge is 2.20. The molecule has 3 heterocycles. The molecule has 0 fully saturated rings. The van der Waals surface area contributed by atoms with Crippen LogP contribution in [-0.2, 0) is 0 Å². The Morgan fingerprint density at radius 3 is 1.62 bits per heavy atom. The van der Waals surface area contributed by atoms with Crippen molar-refractivity contribution in [1.82, 2.24) is 0 Å². The van der Waals surface area contributed by atoms with Crippen molar-refractivity contribution in [3.8, 4) is 33.4 Å². The van der Waals surface area contributed by atoms with Crippen LogP contribution in [0, 0.1) is 0 Å². The summed E-state index contributed by atoms with van der Waals surface area (Å²) in [6.07, 6.45) is 1.91. The number of hydrogen-bond acceptors (Lipinski definition) is 3. The maximum absolute atomic E-state index is 6.69. The van der Waals surface area contributed by atoms with Gasteiger partial charge in [0.1, 0.15) is 27.9 Å². The number of benzene rings is 9. The molecule has 246 valence electrons. The zero-order valence-electron chi connectivity index (χ0n) is 28.4. The lowest BCUT2D eigenvalue weighted by atomic mass is 9.85. The van der Waals surface area contributed by atoms with Crippen LogP contribution in [0.2, 0.25) is 0 Å². The van der Waals surface area contributed by atoms with Gasteiger partial charge >= 0.3 is 0 Å². The van der Waals surface area contributed by atoms with Crippen LogP contribution in [0.15, 0.2) is 183 Å². The Morgan fingerprint density at radius 2 is 0.868 bits per heavy atom. The zero-order chi connectivity index (χ0) is 34.6. The molecule has 3 heteroatoms. The van der Waals surface area contributed by atoms with E-state index in [0.29, 0.717) is 0 Å². The van der Waals surface area contributed by atoms with Gasteiger partial charge in [0.05, 0.1) is 6.26 Å². The molecule has 0 radical (unpaired) electrons. The van der Waals surface area contributed by atoms with Gasteiger partial charge in [-0.05, 0) is 85.4 Å². The normalized spacial score (nSPS) is 12.2. The van der Waals surface area contributed by atoms with E-state index in [-0.39, 0.29) is 0 Å². The number of furan rings is 3. The van der Waals surface area contributed by atoms with Crippen molar-refractivity contribution in [2.75, 3.05) is 0 Å². The van der Waals surface area contributed by atoms with Gasteiger partial charge in [0, 0.05) is 43.6 Å². The Balaban J connectivity index is 1.05. The zero-order valence-corrected chi connectivity index (χ0v) is 28.4. The van der Waals surface area contributed by atoms with E-state index >= 15 is 0 Å². The highest BCUT2D eigenvalue weighted by molar-refractivity contribution is 6.24. The molecular weight excluding hydrogens is 649 g/mol. The Labute approximate surface area is 302 Å². The van der Waals surface area contributed by atoms with E-state index in [1.165, 1.54) is 49.0 Å². The maximum Gasteiger partial charge on any atom is 0.143 e. The van der Waals surface area contributed by atoms with Crippen molar-refractivity contribution in [2.24, 2.45) is 0 Å². The fraction of sp³-hybridized carbons (Fsp3) is 0. The van der Waals surface area contributed by atoms with Crippen LogP contribution >= 0.6 is 0 Å². The molecule has 12 rings (SSSR count). The van der Waals surface area contributed by atoms with E-state index in [1.807, 2.05) is 36.6 Å². The Bertz CT molecular complexity index is 3410. The van der Waals surface area contributed by atoms with Crippen molar-refractivity contribution in [1.29, 1.82) is 0 Å². The third kappa shape index (κ3) is 4.10. The van der Waals surface area contributed by atoms with Crippen LogP contribution in [0.4, 0.5) is 0 Å². The van der Waals surface area contributed by atoms with Crippen molar-refractivity contribution < 1.29 is 13.3 Å². The fourth-order valence-electron chi connectivity index (χ4n) is 8.71. The summed E-state index contributed by atoms with van der Waals surface area (Å²) in [6.45, 7) is 0. The first kappa shape index (κ1) is 28.6. The van der Waals surface area contributed by atoms with E-state index < -0.39 is 0 Å². The molecule has 0 saturated carbocycles. The summed E-state index contributed by atoms with van der Waals surface area (Å²) in [6, 6.07) is 58.3. The van der Waals surface area contributed by atoms with Crippen molar-refractivity contribution in [3.63, 3.8) is 0 Å². The van der Waals surface area contributed by atoms with Gasteiger partial charge in [-0.15, -0.1) is 0 Å². The van der Waals surface area contributed by atoms with Crippen molar-refractivity contribution in [2.45, 2.75) is 0 Å². The Hall–Kier alpha value is -7.10. The van der Waals surface area contributed by atoms with Gasteiger partial charge in [0.15, 0.2) is 0 Å². The van der Waals surface area contributed by atoms with E-state index in [9.17, 15) is 0 Å². The molecule has 9 aromatic carbocycles. The molecule has 0 saturated heterocycles. The van der Waals surface area contributed by atoms with E-state index in [1.54, 1.807) is 0 Å². The SMILES string of the molecule is c1ccc2c(-c3c4ccccc4c(-c4ccc5ccc(-c6cccc7c6oc6cc8c(cc67)oc6ccccc68)cc5c4)c4ccccc34)coc2c1. The minimum absolute atomic E-state index is 0.861. The van der Waals surface area contributed by atoms with Gasteiger partial charge in [-0.3, -0.25) is 0 Å². The first-order chi connectivity index (χ1) is 26.3. The van der Waals surface area contributed by atoms with Gasteiger partial charge in [-0.25, -0.2) is 0 Å². The lowest BCUT2D eigenvalue weighted by molar-refractivity contribution is 0.617. The van der Waals surface area contributed by atoms with Gasteiger partial charge in [0.2, 0.25) is 0 Å². The molecule has 0 aliphatic heterocycles. The minimum Gasteiger partial charge on any atom is -0.464 e. The molecule has 0 N–H and O–H groups in total. The molecule has 12 aromatic rings. The van der Waals surface area contributed by atoms with Gasteiger partial charge in [-0.1, -0.05) is 127 Å². The molecule has 0 amide bonds. The topological polar surface area (TPSA) is 39.4 Å². The molecule has 0 aliphatic rings. The van der Waals surface area contributed by atoms with Gasteiger partial charge in [0.25, 0.3) is 0 Å². The number of para-hydroxylation sites is 3.